The molecule has 0 aliphatic carbocycles. The normalized spacial score (nSPS) is 23.9. The summed E-state index contributed by atoms with van der Waals surface area (Å²) in [4.78, 5) is 11.4. The fraction of sp³-hybridized carbons (Fsp3) is 0.417. The zero-order valence-corrected chi connectivity index (χ0v) is 11.5. The van der Waals surface area contributed by atoms with Crippen LogP contribution in [0.2, 0.25) is 0 Å². The fourth-order valence-electron chi connectivity index (χ4n) is 2.07. The first-order valence-corrected chi connectivity index (χ1v) is 7.13. The molecular weight excluding hydrogens is 307 g/mol. The van der Waals surface area contributed by atoms with Crippen LogP contribution >= 0.6 is 27.7 Å². The van der Waals surface area contributed by atoms with E-state index in [4.69, 9.17) is 0 Å². The van der Waals surface area contributed by atoms with Crippen LogP contribution in [0.4, 0.5) is 4.39 Å². The van der Waals surface area contributed by atoms with Crippen LogP contribution in [-0.4, -0.2) is 21.6 Å². The topological polar surface area (TPSA) is 37.3 Å². The second-order valence-corrected chi connectivity index (χ2v) is 6.41. The molecule has 1 fully saturated rings. The maximum Gasteiger partial charge on any atom is 0.320 e. The second kappa shape index (κ2) is 4.98. The molecule has 0 amide bonds. The Hall–Kier alpha value is -0.550. The molecule has 2 rings (SSSR count). The number of carboxylic acids is 1. The van der Waals surface area contributed by atoms with E-state index in [2.05, 4.69) is 15.9 Å². The number of carboxylic acid groups (broad SMARTS) is 1. The van der Waals surface area contributed by atoms with E-state index in [0.717, 1.165) is 17.7 Å². The highest BCUT2D eigenvalue weighted by Crippen LogP contribution is 2.42. The van der Waals surface area contributed by atoms with Gasteiger partial charge in [0.15, 0.2) is 0 Å². The average molecular weight is 319 g/mol. The highest BCUT2D eigenvalue weighted by Gasteiger charge is 2.42. The number of halogens is 2. The summed E-state index contributed by atoms with van der Waals surface area (Å²) in [5.74, 6) is -0.277. The first kappa shape index (κ1) is 12.9. The molecule has 0 spiro atoms. The Balaban J connectivity index is 2.30. The van der Waals surface area contributed by atoms with Gasteiger partial charge in [-0.1, -0.05) is 12.1 Å². The van der Waals surface area contributed by atoms with Gasteiger partial charge in [0.05, 0.1) is 4.47 Å². The van der Waals surface area contributed by atoms with Gasteiger partial charge in [-0.05, 0) is 52.6 Å². The van der Waals surface area contributed by atoms with Crippen LogP contribution in [-0.2, 0) is 11.2 Å². The molecule has 1 N–H and O–H groups in total. The number of carbonyl (C=O) groups is 1. The molecule has 1 saturated heterocycles. The molecule has 17 heavy (non-hydrogen) atoms. The molecule has 1 aromatic carbocycles. The van der Waals surface area contributed by atoms with Crippen LogP contribution in [0.1, 0.15) is 18.4 Å². The summed E-state index contributed by atoms with van der Waals surface area (Å²) in [5.41, 5.74) is 0.724. The summed E-state index contributed by atoms with van der Waals surface area (Å²) in [6.45, 7) is 0. The van der Waals surface area contributed by atoms with Crippen LogP contribution in [0, 0.1) is 5.82 Å². The lowest BCUT2D eigenvalue weighted by molar-refractivity contribution is -0.139. The maximum absolute atomic E-state index is 13.4. The Morgan fingerprint density at radius 1 is 1.59 bits per heavy atom. The van der Waals surface area contributed by atoms with Crippen molar-refractivity contribution in [2.24, 2.45) is 0 Å². The van der Waals surface area contributed by atoms with Gasteiger partial charge in [-0.15, -0.1) is 11.8 Å². The number of hydrogen-bond donors (Lipinski definition) is 1. The smallest absolute Gasteiger partial charge is 0.320 e. The van der Waals surface area contributed by atoms with Gasteiger partial charge in [0, 0.05) is 0 Å². The lowest BCUT2D eigenvalue weighted by atomic mass is 9.94. The quantitative estimate of drug-likeness (QED) is 0.927. The van der Waals surface area contributed by atoms with Crippen LogP contribution < -0.4 is 0 Å². The standard InChI is InChI=1S/C12H12BrFO2S/c13-10-8(3-1-4-9(10)14)7-12(11(15)16)5-2-6-17-12/h1,3-4H,2,5-7H2,(H,15,16). The number of rotatable bonds is 3. The molecule has 1 aliphatic heterocycles. The van der Waals surface area contributed by atoms with Crippen molar-refractivity contribution in [2.45, 2.75) is 24.0 Å². The average Bonchev–Trinajstić information content (AvgIpc) is 2.75. The summed E-state index contributed by atoms with van der Waals surface area (Å²) in [5, 5.41) is 9.36. The molecule has 5 heteroatoms. The molecule has 1 aromatic rings. The molecule has 0 aromatic heterocycles. The van der Waals surface area contributed by atoms with Gasteiger partial charge in [0.25, 0.3) is 0 Å². The third-order valence-corrected chi connectivity index (χ3v) is 5.46. The highest BCUT2D eigenvalue weighted by molar-refractivity contribution is 9.10. The molecular formula is C12H12BrFO2S. The first-order chi connectivity index (χ1) is 8.05. The van der Waals surface area contributed by atoms with Gasteiger partial charge in [0.2, 0.25) is 0 Å². The number of hydrogen-bond acceptors (Lipinski definition) is 2. The zero-order valence-electron chi connectivity index (χ0n) is 9.08. The summed E-state index contributed by atoms with van der Waals surface area (Å²) in [7, 11) is 0. The largest absolute Gasteiger partial charge is 0.480 e. The predicted octanol–water partition coefficient (Wildman–Crippen LogP) is 3.48. The van der Waals surface area contributed by atoms with Crippen molar-refractivity contribution in [2.75, 3.05) is 5.75 Å². The molecule has 2 nitrogen and oxygen atoms in total. The zero-order chi connectivity index (χ0) is 12.5. The van der Waals surface area contributed by atoms with Crippen LogP contribution in [0.15, 0.2) is 22.7 Å². The molecule has 1 atom stereocenters. The monoisotopic (exact) mass is 318 g/mol. The minimum absolute atomic E-state index is 0.342. The third-order valence-electron chi connectivity index (χ3n) is 3.00. The maximum atomic E-state index is 13.4. The molecule has 1 aliphatic rings. The van der Waals surface area contributed by atoms with Crippen molar-refractivity contribution in [1.29, 1.82) is 0 Å². The Labute approximate surface area is 112 Å². The van der Waals surface area contributed by atoms with Gasteiger partial charge >= 0.3 is 5.97 Å². The van der Waals surface area contributed by atoms with Crippen molar-refractivity contribution >= 4 is 33.7 Å². The molecule has 0 radical (unpaired) electrons. The van der Waals surface area contributed by atoms with E-state index in [9.17, 15) is 14.3 Å². The van der Waals surface area contributed by atoms with Gasteiger partial charge in [-0.2, -0.15) is 0 Å². The van der Waals surface area contributed by atoms with Crippen molar-refractivity contribution in [3.05, 3.63) is 34.1 Å². The van der Waals surface area contributed by atoms with Crippen LogP contribution in [0.3, 0.4) is 0 Å². The number of benzene rings is 1. The van der Waals surface area contributed by atoms with E-state index < -0.39 is 10.7 Å². The minimum atomic E-state index is -0.795. The van der Waals surface area contributed by atoms with E-state index in [1.807, 2.05) is 0 Å². The van der Waals surface area contributed by atoms with Crippen molar-refractivity contribution in [3.63, 3.8) is 0 Å². The Morgan fingerprint density at radius 3 is 2.94 bits per heavy atom. The van der Waals surface area contributed by atoms with E-state index in [-0.39, 0.29) is 5.82 Å². The van der Waals surface area contributed by atoms with Crippen molar-refractivity contribution in [3.8, 4) is 0 Å². The van der Waals surface area contributed by atoms with Gasteiger partial charge in [-0.3, -0.25) is 4.79 Å². The molecule has 92 valence electrons. The van der Waals surface area contributed by atoms with E-state index >= 15 is 0 Å². The minimum Gasteiger partial charge on any atom is -0.480 e. The van der Waals surface area contributed by atoms with E-state index in [1.165, 1.54) is 17.8 Å². The Morgan fingerprint density at radius 2 is 2.35 bits per heavy atom. The Bertz CT molecular complexity index is 444. The lowest BCUT2D eigenvalue weighted by Gasteiger charge is -2.23. The first-order valence-electron chi connectivity index (χ1n) is 5.35. The molecule has 0 bridgehead atoms. The summed E-state index contributed by atoms with van der Waals surface area (Å²) < 4.78 is 13.0. The third kappa shape index (κ3) is 2.50. The molecule has 0 saturated carbocycles. The van der Waals surface area contributed by atoms with Gasteiger partial charge < -0.3 is 5.11 Å². The SMILES string of the molecule is O=C(O)C1(Cc2cccc(F)c2Br)CCCS1. The van der Waals surface area contributed by atoms with Crippen LogP contribution in [0.5, 0.6) is 0 Å². The molecule has 1 heterocycles. The Kier molecular flexibility index (Phi) is 3.78. The van der Waals surface area contributed by atoms with Crippen molar-refractivity contribution in [1.82, 2.24) is 0 Å². The van der Waals surface area contributed by atoms with Crippen LogP contribution in [0.25, 0.3) is 0 Å². The summed E-state index contributed by atoms with van der Waals surface area (Å²) in [6.07, 6.45) is 1.92. The van der Waals surface area contributed by atoms with Crippen molar-refractivity contribution < 1.29 is 14.3 Å². The lowest BCUT2D eigenvalue weighted by Crippen LogP contribution is -2.35. The van der Waals surface area contributed by atoms with Gasteiger partial charge in [-0.25, -0.2) is 4.39 Å². The summed E-state index contributed by atoms with van der Waals surface area (Å²) >= 11 is 4.65. The van der Waals surface area contributed by atoms with Gasteiger partial charge in [0.1, 0.15) is 10.6 Å². The number of thioether (sulfide) groups is 1. The van der Waals surface area contributed by atoms with E-state index in [1.54, 1.807) is 12.1 Å². The highest BCUT2D eigenvalue weighted by atomic mass is 79.9. The second-order valence-electron chi connectivity index (χ2n) is 4.14. The predicted molar refractivity (Wildman–Crippen MR) is 69.9 cm³/mol. The van der Waals surface area contributed by atoms with E-state index in [0.29, 0.717) is 17.3 Å². The fourth-order valence-corrected chi connectivity index (χ4v) is 3.83. The molecule has 1 unspecified atom stereocenters. The number of aliphatic carboxylic acids is 1. The summed E-state index contributed by atoms with van der Waals surface area (Å²) in [6, 6.07) is 4.75.